The minimum Gasteiger partial charge on any atom is -0.478 e. The molecule has 96 valence electrons. The number of pyridine rings is 1. The van der Waals surface area contributed by atoms with Crippen LogP contribution in [-0.2, 0) is 6.42 Å². The summed E-state index contributed by atoms with van der Waals surface area (Å²) < 4.78 is 0. The van der Waals surface area contributed by atoms with Gasteiger partial charge in [0.15, 0.2) is 0 Å². The van der Waals surface area contributed by atoms with E-state index in [-0.39, 0.29) is 11.6 Å². The van der Waals surface area contributed by atoms with E-state index in [0.29, 0.717) is 12.2 Å². The van der Waals surface area contributed by atoms with E-state index < -0.39 is 5.97 Å². The predicted octanol–water partition coefficient (Wildman–Crippen LogP) is 2.56. The van der Waals surface area contributed by atoms with Gasteiger partial charge in [0.1, 0.15) is 5.82 Å². The molecule has 1 aromatic heterocycles. The Morgan fingerprint density at radius 1 is 1.61 bits per heavy atom. The van der Waals surface area contributed by atoms with Gasteiger partial charge in [-0.25, -0.2) is 9.78 Å². The van der Waals surface area contributed by atoms with Gasteiger partial charge in [-0.05, 0) is 25.5 Å². The van der Waals surface area contributed by atoms with Crippen LogP contribution >= 0.6 is 0 Å². The lowest BCUT2D eigenvalue weighted by atomic mass is 10.1. The molecule has 0 aliphatic heterocycles. The highest BCUT2D eigenvalue weighted by atomic mass is 16.4. The Balaban J connectivity index is 2.96. The summed E-state index contributed by atoms with van der Waals surface area (Å²) in [6, 6.07) is 3.22. The van der Waals surface area contributed by atoms with Crippen molar-refractivity contribution in [2.24, 2.45) is 0 Å². The van der Waals surface area contributed by atoms with E-state index in [4.69, 9.17) is 11.5 Å². The summed E-state index contributed by atoms with van der Waals surface area (Å²) in [5.41, 5.74) is 1.04. The minimum absolute atomic E-state index is 0.0704. The van der Waals surface area contributed by atoms with Gasteiger partial charge >= 0.3 is 5.97 Å². The number of nitrogens with zero attached hydrogens (tertiary/aromatic N) is 1. The average molecular weight is 246 g/mol. The standard InChI is InChI=1S/C14H18N2O2/c1-4-6-10(3)15-13-9-11(14(17)18)8-12(16-13)7-5-2/h1,8-10H,5-7H2,2-3H3,(H,15,16)(H,17,18). The molecule has 2 N–H and O–H groups in total. The number of aromatic nitrogens is 1. The second-order valence-corrected chi connectivity index (χ2v) is 4.24. The molecule has 1 aromatic rings. The number of aryl methyl sites for hydroxylation is 1. The molecule has 0 fully saturated rings. The van der Waals surface area contributed by atoms with Crippen LogP contribution in [0.4, 0.5) is 5.82 Å². The van der Waals surface area contributed by atoms with Crippen LogP contribution in [-0.4, -0.2) is 22.1 Å². The Kier molecular flexibility index (Phi) is 5.19. The molecule has 0 spiro atoms. The first kappa shape index (κ1) is 14.0. The lowest BCUT2D eigenvalue weighted by molar-refractivity contribution is 0.0696. The van der Waals surface area contributed by atoms with Gasteiger partial charge in [-0.1, -0.05) is 13.3 Å². The molecule has 0 saturated heterocycles. The van der Waals surface area contributed by atoms with Crippen molar-refractivity contribution < 1.29 is 9.90 Å². The van der Waals surface area contributed by atoms with Gasteiger partial charge in [0.05, 0.1) is 5.56 Å². The van der Waals surface area contributed by atoms with E-state index in [2.05, 4.69) is 16.2 Å². The molecule has 0 saturated carbocycles. The normalized spacial score (nSPS) is 11.6. The summed E-state index contributed by atoms with van der Waals surface area (Å²) in [5.74, 6) is 2.19. The summed E-state index contributed by atoms with van der Waals surface area (Å²) >= 11 is 0. The zero-order valence-corrected chi connectivity index (χ0v) is 10.7. The summed E-state index contributed by atoms with van der Waals surface area (Å²) in [5, 5.41) is 12.2. The van der Waals surface area contributed by atoms with Crippen LogP contribution < -0.4 is 5.32 Å². The fraction of sp³-hybridized carbons (Fsp3) is 0.429. The molecule has 0 radical (unpaired) electrons. The topological polar surface area (TPSA) is 62.2 Å². The minimum atomic E-state index is -0.942. The number of nitrogens with one attached hydrogen (secondary N) is 1. The second kappa shape index (κ2) is 6.65. The van der Waals surface area contributed by atoms with Crippen molar-refractivity contribution in [2.45, 2.75) is 39.2 Å². The number of rotatable bonds is 6. The van der Waals surface area contributed by atoms with Crippen molar-refractivity contribution in [3.8, 4) is 12.3 Å². The smallest absolute Gasteiger partial charge is 0.335 e. The van der Waals surface area contributed by atoms with Crippen molar-refractivity contribution >= 4 is 11.8 Å². The summed E-state index contributed by atoms with van der Waals surface area (Å²) in [7, 11) is 0. The van der Waals surface area contributed by atoms with E-state index in [1.807, 2.05) is 13.8 Å². The highest BCUT2D eigenvalue weighted by molar-refractivity contribution is 5.88. The number of hydrogen-bond donors (Lipinski definition) is 2. The lowest BCUT2D eigenvalue weighted by Crippen LogP contribution is -2.16. The molecule has 1 rings (SSSR count). The zero-order chi connectivity index (χ0) is 13.5. The molecule has 0 amide bonds. The quantitative estimate of drug-likeness (QED) is 0.757. The van der Waals surface area contributed by atoms with Gasteiger partial charge < -0.3 is 10.4 Å². The molecule has 1 heterocycles. The Morgan fingerprint density at radius 3 is 2.89 bits per heavy atom. The van der Waals surface area contributed by atoms with Crippen LogP contribution in [0.3, 0.4) is 0 Å². The maximum Gasteiger partial charge on any atom is 0.335 e. The molecule has 4 nitrogen and oxygen atoms in total. The van der Waals surface area contributed by atoms with Gasteiger partial charge in [0, 0.05) is 18.2 Å². The monoisotopic (exact) mass is 246 g/mol. The van der Waals surface area contributed by atoms with Crippen LogP contribution in [0.1, 0.15) is 42.7 Å². The van der Waals surface area contributed by atoms with Crippen molar-refractivity contribution in [1.29, 1.82) is 0 Å². The van der Waals surface area contributed by atoms with Gasteiger partial charge in [0.25, 0.3) is 0 Å². The third-order valence-corrected chi connectivity index (χ3v) is 2.45. The molecule has 0 aliphatic rings. The van der Waals surface area contributed by atoms with Gasteiger partial charge in [0.2, 0.25) is 0 Å². The first-order valence-corrected chi connectivity index (χ1v) is 6.01. The molecule has 1 unspecified atom stereocenters. The van der Waals surface area contributed by atoms with Crippen molar-refractivity contribution in [2.75, 3.05) is 5.32 Å². The fourth-order valence-corrected chi connectivity index (χ4v) is 1.65. The maximum atomic E-state index is 11.0. The summed E-state index contributed by atoms with van der Waals surface area (Å²) in [6.45, 7) is 3.97. The summed E-state index contributed by atoms with van der Waals surface area (Å²) in [6.07, 6.45) is 7.50. The Labute approximate surface area is 107 Å². The van der Waals surface area contributed by atoms with Gasteiger partial charge in [-0.3, -0.25) is 0 Å². The molecule has 18 heavy (non-hydrogen) atoms. The Bertz CT molecular complexity index is 463. The first-order valence-electron chi connectivity index (χ1n) is 6.01. The fourth-order valence-electron chi connectivity index (χ4n) is 1.65. The largest absolute Gasteiger partial charge is 0.478 e. The van der Waals surface area contributed by atoms with E-state index in [9.17, 15) is 4.79 Å². The average Bonchev–Trinajstić information content (AvgIpc) is 2.29. The first-order chi connectivity index (χ1) is 8.56. The van der Waals surface area contributed by atoms with Gasteiger partial charge in [-0.15, -0.1) is 12.3 Å². The predicted molar refractivity (Wildman–Crippen MR) is 71.7 cm³/mol. The maximum absolute atomic E-state index is 11.0. The lowest BCUT2D eigenvalue weighted by Gasteiger charge is -2.13. The SMILES string of the molecule is C#CCC(C)Nc1cc(C(=O)O)cc(CCC)n1. The number of carboxylic acid groups (broad SMARTS) is 1. The highest BCUT2D eigenvalue weighted by Gasteiger charge is 2.09. The number of hydrogen-bond acceptors (Lipinski definition) is 3. The van der Waals surface area contributed by atoms with Crippen molar-refractivity contribution in [1.82, 2.24) is 4.98 Å². The van der Waals surface area contributed by atoms with Crippen molar-refractivity contribution in [3.63, 3.8) is 0 Å². The second-order valence-electron chi connectivity index (χ2n) is 4.24. The number of aromatic carboxylic acids is 1. The third kappa shape index (κ3) is 4.10. The third-order valence-electron chi connectivity index (χ3n) is 2.45. The molecule has 0 bridgehead atoms. The van der Waals surface area contributed by atoms with E-state index >= 15 is 0 Å². The van der Waals surface area contributed by atoms with E-state index in [0.717, 1.165) is 18.5 Å². The van der Waals surface area contributed by atoms with Gasteiger partial charge in [-0.2, -0.15) is 0 Å². The van der Waals surface area contributed by atoms with E-state index in [1.54, 1.807) is 6.07 Å². The number of carbonyl (C=O) groups is 1. The summed E-state index contributed by atoms with van der Waals surface area (Å²) in [4.78, 5) is 15.4. The molecule has 1 atom stereocenters. The molecular weight excluding hydrogens is 228 g/mol. The van der Waals surface area contributed by atoms with Crippen LogP contribution in [0.2, 0.25) is 0 Å². The Morgan fingerprint density at radius 2 is 2.33 bits per heavy atom. The van der Waals surface area contributed by atoms with Crippen molar-refractivity contribution in [3.05, 3.63) is 23.4 Å². The number of terminal acetylenes is 1. The van der Waals surface area contributed by atoms with Crippen LogP contribution in [0, 0.1) is 12.3 Å². The van der Waals surface area contributed by atoms with Crippen LogP contribution in [0.15, 0.2) is 12.1 Å². The molecule has 4 heteroatoms. The molecule has 0 aliphatic carbocycles. The number of anilines is 1. The van der Waals surface area contributed by atoms with Crippen LogP contribution in [0.25, 0.3) is 0 Å². The Hall–Kier alpha value is -2.02. The number of carboxylic acids is 1. The highest BCUT2D eigenvalue weighted by Crippen LogP contribution is 2.14. The molecular formula is C14H18N2O2. The molecule has 0 aromatic carbocycles. The van der Waals surface area contributed by atoms with Crippen LogP contribution in [0.5, 0.6) is 0 Å². The zero-order valence-electron chi connectivity index (χ0n) is 10.7. The van der Waals surface area contributed by atoms with E-state index in [1.165, 1.54) is 6.07 Å².